The fraction of sp³-hybridized carbons (Fsp3) is 0. The second-order valence-electron chi connectivity index (χ2n) is 3.67. The topological polar surface area (TPSA) is 86.0 Å². The molecule has 6 heteroatoms. The van der Waals surface area contributed by atoms with Crippen LogP contribution in [0.2, 0.25) is 5.02 Å². The van der Waals surface area contributed by atoms with E-state index in [1.807, 2.05) is 6.07 Å². The normalized spacial score (nSPS) is 9.68. The lowest BCUT2D eigenvalue weighted by atomic mass is 10.2. The molecule has 2 aromatic rings. The van der Waals surface area contributed by atoms with Gasteiger partial charge in [-0.15, -0.1) is 0 Å². The molecule has 19 heavy (non-hydrogen) atoms. The molecule has 0 atom stereocenters. The van der Waals surface area contributed by atoms with E-state index in [0.29, 0.717) is 17.1 Å². The van der Waals surface area contributed by atoms with E-state index < -0.39 is 5.97 Å². The molecule has 2 rings (SSSR count). The lowest BCUT2D eigenvalue weighted by molar-refractivity contribution is 0.0697. The fourth-order valence-corrected chi connectivity index (χ4v) is 1.74. The number of pyridine rings is 1. The fourth-order valence-electron chi connectivity index (χ4n) is 1.48. The Morgan fingerprint density at radius 1 is 1.37 bits per heavy atom. The summed E-state index contributed by atoms with van der Waals surface area (Å²) < 4.78 is 0. The van der Waals surface area contributed by atoms with E-state index in [9.17, 15) is 4.79 Å². The molecule has 0 amide bonds. The van der Waals surface area contributed by atoms with Gasteiger partial charge >= 0.3 is 5.97 Å². The van der Waals surface area contributed by atoms with Gasteiger partial charge in [-0.25, -0.2) is 9.78 Å². The largest absolute Gasteiger partial charge is 0.478 e. The Bertz CT molecular complexity index is 680. The van der Waals surface area contributed by atoms with Crippen LogP contribution in [-0.2, 0) is 0 Å². The lowest BCUT2D eigenvalue weighted by Crippen LogP contribution is -1.99. The maximum Gasteiger partial charge on any atom is 0.337 e. The molecule has 0 radical (unpaired) electrons. The molecule has 0 unspecified atom stereocenters. The molecule has 1 heterocycles. The van der Waals surface area contributed by atoms with Crippen LogP contribution in [0.3, 0.4) is 0 Å². The van der Waals surface area contributed by atoms with E-state index in [0.717, 1.165) is 0 Å². The summed E-state index contributed by atoms with van der Waals surface area (Å²) >= 11 is 5.86. The smallest absolute Gasteiger partial charge is 0.337 e. The molecule has 0 aliphatic heterocycles. The van der Waals surface area contributed by atoms with Gasteiger partial charge in [0.15, 0.2) is 0 Å². The predicted octanol–water partition coefficient (Wildman–Crippen LogP) is 3.05. The third-order valence-electron chi connectivity index (χ3n) is 2.36. The first kappa shape index (κ1) is 12.9. The molecular formula is C13H8ClN3O2. The quantitative estimate of drug-likeness (QED) is 0.897. The average molecular weight is 274 g/mol. The number of halogens is 1. The molecule has 0 spiro atoms. The molecule has 0 saturated carbocycles. The minimum atomic E-state index is -1.08. The van der Waals surface area contributed by atoms with Gasteiger partial charge < -0.3 is 10.4 Å². The maximum absolute atomic E-state index is 10.8. The first-order chi connectivity index (χ1) is 9.10. The molecule has 94 valence electrons. The highest BCUT2D eigenvalue weighted by atomic mass is 35.5. The number of nitrogens with one attached hydrogen (secondary N) is 1. The van der Waals surface area contributed by atoms with Gasteiger partial charge in [0, 0.05) is 11.9 Å². The van der Waals surface area contributed by atoms with Gasteiger partial charge in [-0.3, -0.25) is 0 Å². The van der Waals surface area contributed by atoms with Gasteiger partial charge in [-0.05, 0) is 30.3 Å². The van der Waals surface area contributed by atoms with E-state index in [2.05, 4.69) is 10.3 Å². The van der Waals surface area contributed by atoms with Gasteiger partial charge in [0.1, 0.15) is 5.82 Å². The number of rotatable bonds is 3. The molecular weight excluding hydrogens is 266 g/mol. The summed E-state index contributed by atoms with van der Waals surface area (Å²) in [6, 6.07) is 9.65. The zero-order valence-electron chi connectivity index (χ0n) is 9.59. The number of nitriles is 1. The molecule has 0 saturated heterocycles. The highest BCUT2D eigenvalue weighted by Crippen LogP contribution is 2.23. The molecule has 2 N–H and O–H groups in total. The minimum absolute atomic E-state index is 0.0333. The first-order valence-electron chi connectivity index (χ1n) is 5.26. The molecule has 5 nitrogen and oxygen atoms in total. The number of hydrogen-bond donors (Lipinski definition) is 2. The maximum atomic E-state index is 10.8. The van der Waals surface area contributed by atoms with Crippen molar-refractivity contribution in [1.29, 1.82) is 5.26 Å². The van der Waals surface area contributed by atoms with Crippen LogP contribution in [-0.4, -0.2) is 16.1 Å². The third-order valence-corrected chi connectivity index (χ3v) is 2.67. The molecule has 1 aromatic heterocycles. The highest BCUT2D eigenvalue weighted by molar-refractivity contribution is 6.33. The standard InChI is InChI=1S/C13H8ClN3O2/c14-11-6-9(1-2-10(11)13(18)19)17-12-5-8(7-15)3-4-16-12/h1-6H,(H,16,17)(H,18,19). The number of anilines is 2. The molecule has 1 aromatic carbocycles. The van der Waals surface area contributed by atoms with Crippen molar-refractivity contribution < 1.29 is 9.90 Å². The number of aromatic nitrogens is 1. The van der Waals surface area contributed by atoms with Crippen LogP contribution in [0.25, 0.3) is 0 Å². The third kappa shape index (κ3) is 3.00. The Hall–Kier alpha value is -2.58. The van der Waals surface area contributed by atoms with Gasteiger partial charge in [0.05, 0.1) is 22.2 Å². The summed E-state index contributed by atoms with van der Waals surface area (Å²) in [6.45, 7) is 0. The van der Waals surface area contributed by atoms with Crippen molar-refractivity contribution in [1.82, 2.24) is 4.98 Å². The summed E-state index contributed by atoms with van der Waals surface area (Å²) in [7, 11) is 0. The van der Waals surface area contributed by atoms with Crippen LogP contribution >= 0.6 is 11.6 Å². The van der Waals surface area contributed by atoms with E-state index in [4.69, 9.17) is 22.0 Å². The van der Waals surface area contributed by atoms with E-state index in [1.165, 1.54) is 18.3 Å². The summed E-state index contributed by atoms with van der Waals surface area (Å²) in [5.74, 6) is -0.598. The monoisotopic (exact) mass is 273 g/mol. The Kier molecular flexibility index (Phi) is 3.64. The number of aromatic carboxylic acids is 1. The van der Waals surface area contributed by atoms with Crippen LogP contribution in [0.5, 0.6) is 0 Å². The molecule has 0 fully saturated rings. The number of carbonyl (C=O) groups is 1. The van der Waals surface area contributed by atoms with E-state index >= 15 is 0 Å². The Balaban J connectivity index is 2.26. The lowest BCUT2D eigenvalue weighted by Gasteiger charge is -2.07. The molecule has 0 aliphatic carbocycles. The highest BCUT2D eigenvalue weighted by Gasteiger charge is 2.09. The summed E-state index contributed by atoms with van der Waals surface area (Å²) in [4.78, 5) is 14.9. The molecule has 0 aliphatic rings. The van der Waals surface area contributed by atoms with Crippen molar-refractivity contribution in [3.05, 3.63) is 52.7 Å². The number of benzene rings is 1. The average Bonchev–Trinajstić information content (AvgIpc) is 2.38. The van der Waals surface area contributed by atoms with Gasteiger partial charge in [-0.1, -0.05) is 11.6 Å². The van der Waals surface area contributed by atoms with Crippen LogP contribution < -0.4 is 5.32 Å². The van der Waals surface area contributed by atoms with Crippen molar-refractivity contribution in [2.24, 2.45) is 0 Å². The van der Waals surface area contributed by atoms with E-state index in [-0.39, 0.29) is 10.6 Å². The van der Waals surface area contributed by atoms with Crippen molar-refractivity contribution in [3.8, 4) is 6.07 Å². The van der Waals surface area contributed by atoms with Crippen LogP contribution in [0.4, 0.5) is 11.5 Å². The first-order valence-corrected chi connectivity index (χ1v) is 5.64. The number of carboxylic acid groups (broad SMARTS) is 1. The summed E-state index contributed by atoms with van der Waals surface area (Å²) in [5, 5.41) is 20.7. The summed E-state index contributed by atoms with van der Waals surface area (Å²) in [6.07, 6.45) is 1.51. The van der Waals surface area contributed by atoms with Crippen LogP contribution in [0.15, 0.2) is 36.5 Å². The van der Waals surface area contributed by atoms with Gasteiger partial charge in [0.25, 0.3) is 0 Å². The van der Waals surface area contributed by atoms with Crippen molar-refractivity contribution >= 4 is 29.1 Å². The van der Waals surface area contributed by atoms with Crippen molar-refractivity contribution in [3.63, 3.8) is 0 Å². The van der Waals surface area contributed by atoms with Gasteiger partial charge in [-0.2, -0.15) is 5.26 Å². The second kappa shape index (κ2) is 5.38. The number of hydrogen-bond acceptors (Lipinski definition) is 4. The number of nitrogens with zero attached hydrogens (tertiary/aromatic N) is 2. The Labute approximate surface area is 114 Å². The number of carboxylic acids is 1. The molecule has 0 bridgehead atoms. The SMILES string of the molecule is N#Cc1ccnc(Nc2ccc(C(=O)O)c(Cl)c2)c1. The second-order valence-corrected chi connectivity index (χ2v) is 4.07. The summed E-state index contributed by atoms with van der Waals surface area (Å²) in [5.41, 5.74) is 1.11. The Morgan fingerprint density at radius 2 is 2.16 bits per heavy atom. The zero-order chi connectivity index (χ0) is 13.8. The van der Waals surface area contributed by atoms with Crippen LogP contribution in [0.1, 0.15) is 15.9 Å². The van der Waals surface area contributed by atoms with Crippen molar-refractivity contribution in [2.45, 2.75) is 0 Å². The van der Waals surface area contributed by atoms with Crippen LogP contribution in [0, 0.1) is 11.3 Å². The Morgan fingerprint density at radius 3 is 2.79 bits per heavy atom. The minimum Gasteiger partial charge on any atom is -0.478 e. The zero-order valence-corrected chi connectivity index (χ0v) is 10.3. The van der Waals surface area contributed by atoms with Gasteiger partial charge in [0.2, 0.25) is 0 Å². The van der Waals surface area contributed by atoms with E-state index in [1.54, 1.807) is 18.2 Å². The predicted molar refractivity (Wildman–Crippen MR) is 70.6 cm³/mol. The van der Waals surface area contributed by atoms with Crippen molar-refractivity contribution in [2.75, 3.05) is 5.32 Å².